The second-order valence-electron chi connectivity index (χ2n) is 5.92. The number of nitrogens with zero attached hydrogens (tertiary/aromatic N) is 7. The van der Waals surface area contributed by atoms with Crippen molar-refractivity contribution in [2.45, 2.75) is 6.54 Å². The molecule has 4 rings (SSSR count). The zero-order chi connectivity index (χ0) is 17.1. The van der Waals surface area contributed by atoms with Crippen LogP contribution in [-0.2, 0) is 6.54 Å². The van der Waals surface area contributed by atoms with E-state index in [0.29, 0.717) is 12.1 Å². The summed E-state index contributed by atoms with van der Waals surface area (Å²) >= 11 is 0. The van der Waals surface area contributed by atoms with Crippen LogP contribution in [-0.4, -0.2) is 55.8 Å². The molecule has 0 spiro atoms. The summed E-state index contributed by atoms with van der Waals surface area (Å²) in [5.41, 5.74) is 0.687. The van der Waals surface area contributed by atoms with Gasteiger partial charge in [-0.05, 0) is 12.1 Å². The Kier molecular flexibility index (Phi) is 4.34. The van der Waals surface area contributed by atoms with E-state index in [1.807, 2.05) is 18.3 Å². The van der Waals surface area contributed by atoms with Crippen molar-refractivity contribution >= 4 is 5.82 Å². The highest BCUT2D eigenvalue weighted by molar-refractivity contribution is 5.43. The van der Waals surface area contributed by atoms with E-state index >= 15 is 0 Å². The number of halogens is 1. The molecule has 25 heavy (non-hydrogen) atoms. The van der Waals surface area contributed by atoms with Crippen molar-refractivity contribution in [2.24, 2.45) is 0 Å². The van der Waals surface area contributed by atoms with Gasteiger partial charge in [-0.25, -0.2) is 19.0 Å². The molecule has 0 atom stereocenters. The van der Waals surface area contributed by atoms with Gasteiger partial charge in [0, 0.05) is 62.9 Å². The number of hydrogen-bond acceptors (Lipinski definition) is 6. The van der Waals surface area contributed by atoms with Crippen LogP contribution in [0.25, 0.3) is 5.82 Å². The van der Waals surface area contributed by atoms with E-state index in [2.05, 4.69) is 29.9 Å². The zero-order valence-electron chi connectivity index (χ0n) is 13.7. The lowest BCUT2D eigenvalue weighted by Gasteiger charge is -2.35. The quantitative estimate of drug-likeness (QED) is 0.718. The topological polar surface area (TPSA) is 63.0 Å². The van der Waals surface area contributed by atoms with E-state index in [1.54, 1.807) is 29.5 Å². The maximum atomic E-state index is 13.7. The molecule has 0 aliphatic carbocycles. The minimum absolute atomic E-state index is 0.246. The van der Waals surface area contributed by atoms with Crippen molar-refractivity contribution < 1.29 is 4.39 Å². The molecule has 3 aromatic rings. The average Bonchev–Trinajstić information content (AvgIpc) is 3.19. The van der Waals surface area contributed by atoms with Gasteiger partial charge in [0.25, 0.3) is 0 Å². The van der Waals surface area contributed by atoms with Gasteiger partial charge in [-0.2, -0.15) is 5.10 Å². The molecule has 0 bridgehead atoms. The van der Waals surface area contributed by atoms with Gasteiger partial charge in [-0.3, -0.25) is 9.88 Å². The van der Waals surface area contributed by atoms with Crippen molar-refractivity contribution in [3.05, 3.63) is 60.7 Å². The SMILES string of the molecule is Fc1cnccc1CN1CCN(c2cc(-n3cccn3)ncn2)CC1. The van der Waals surface area contributed by atoms with Gasteiger partial charge in [0.1, 0.15) is 18.0 Å². The largest absolute Gasteiger partial charge is 0.354 e. The number of hydrogen-bond donors (Lipinski definition) is 0. The van der Waals surface area contributed by atoms with Crippen LogP contribution < -0.4 is 4.90 Å². The van der Waals surface area contributed by atoms with Crippen LogP contribution in [0.1, 0.15) is 5.56 Å². The molecular formula is C17H18FN7. The Morgan fingerprint density at radius 1 is 1.04 bits per heavy atom. The zero-order valence-corrected chi connectivity index (χ0v) is 13.7. The molecule has 4 heterocycles. The van der Waals surface area contributed by atoms with Gasteiger partial charge in [0.05, 0.1) is 6.20 Å². The summed E-state index contributed by atoms with van der Waals surface area (Å²) < 4.78 is 15.5. The minimum Gasteiger partial charge on any atom is -0.354 e. The fraction of sp³-hybridized carbons (Fsp3) is 0.294. The Bertz CT molecular complexity index is 829. The third kappa shape index (κ3) is 3.48. The molecule has 8 heteroatoms. The molecule has 0 radical (unpaired) electrons. The van der Waals surface area contributed by atoms with Gasteiger partial charge < -0.3 is 4.90 Å². The first-order valence-corrected chi connectivity index (χ1v) is 8.17. The highest BCUT2D eigenvalue weighted by atomic mass is 19.1. The highest BCUT2D eigenvalue weighted by Crippen LogP contribution is 2.17. The summed E-state index contributed by atoms with van der Waals surface area (Å²) in [5, 5.41) is 4.20. The van der Waals surface area contributed by atoms with Crippen LogP contribution in [0.2, 0.25) is 0 Å². The third-order valence-electron chi connectivity index (χ3n) is 4.32. The predicted molar refractivity (Wildman–Crippen MR) is 90.8 cm³/mol. The minimum atomic E-state index is -0.246. The molecule has 0 unspecified atom stereocenters. The first kappa shape index (κ1) is 15.6. The summed E-state index contributed by atoms with van der Waals surface area (Å²) in [5.74, 6) is 1.39. The van der Waals surface area contributed by atoms with E-state index in [1.165, 1.54) is 6.20 Å². The Labute approximate surface area is 144 Å². The van der Waals surface area contributed by atoms with Crippen LogP contribution in [0.4, 0.5) is 10.2 Å². The molecular weight excluding hydrogens is 321 g/mol. The second kappa shape index (κ2) is 6.94. The van der Waals surface area contributed by atoms with Crippen molar-refractivity contribution in [3.8, 4) is 5.82 Å². The molecule has 128 valence electrons. The van der Waals surface area contributed by atoms with Crippen molar-refractivity contribution in [1.82, 2.24) is 29.6 Å². The van der Waals surface area contributed by atoms with E-state index in [4.69, 9.17) is 0 Å². The van der Waals surface area contributed by atoms with Crippen molar-refractivity contribution in [3.63, 3.8) is 0 Å². The van der Waals surface area contributed by atoms with Gasteiger partial charge in [0.2, 0.25) is 0 Å². The molecule has 3 aromatic heterocycles. The Balaban J connectivity index is 1.40. The van der Waals surface area contributed by atoms with Crippen molar-refractivity contribution in [2.75, 3.05) is 31.1 Å². The van der Waals surface area contributed by atoms with Gasteiger partial charge >= 0.3 is 0 Å². The molecule has 1 aliphatic rings. The Morgan fingerprint density at radius 3 is 2.64 bits per heavy atom. The number of pyridine rings is 1. The third-order valence-corrected chi connectivity index (χ3v) is 4.32. The smallest absolute Gasteiger partial charge is 0.158 e. The lowest BCUT2D eigenvalue weighted by molar-refractivity contribution is 0.246. The monoisotopic (exact) mass is 339 g/mol. The molecule has 1 saturated heterocycles. The maximum absolute atomic E-state index is 13.7. The average molecular weight is 339 g/mol. The standard InChI is InChI=1S/C17H18FN7/c18-15-11-19-4-2-14(15)12-23-6-8-24(9-7-23)16-10-17(21-13-20-16)25-5-1-3-22-25/h1-5,10-11,13H,6-9,12H2. The summed E-state index contributed by atoms with van der Waals surface area (Å²) in [6.07, 6.45) is 8.03. The van der Waals surface area contributed by atoms with E-state index in [0.717, 1.165) is 37.8 Å². The van der Waals surface area contributed by atoms with Gasteiger partial charge in [-0.15, -0.1) is 0 Å². The fourth-order valence-electron chi connectivity index (χ4n) is 2.95. The predicted octanol–water partition coefficient (Wildman–Crippen LogP) is 1.52. The highest BCUT2D eigenvalue weighted by Gasteiger charge is 2.19. The van der Waals surface area contributed by atoms with E-state index in [-0.39, 0.29) is 5.82 Å². The van der Waals surface area contributed by atoms with E-state index < -0.39 is 0 Å². The molecule has 1 fully saturated rings. The molecule has 0 aromatic carbocycles. The lowest BCUT2D eigenvalue weighted by Crippen LogP contribution is -2.46. The number of rotatable bonds is 4. The van der Waals surface area contributed by atoms with E-state index in [9.17, 15) is 4.39 Å². The molecule has 0 saturated carbocycles. The molecule has 0 amide bonds. The number of anilines is 1. The fourth-order valence-corrected chi connectivity index (χ4v) is 2.95. The Morgan fingerprint density at radius 2 is 1.88 bits per heavy atom. The van der Waals surface area contributed by atoms with Crippen LogP contribution >= 0.6 is 0 Å². The van der Waals surface area contributed by atoms with Gasteiger partial charge in [0.15, 0.2) is 5.82 Å². The van der Waals surface area contributed by atoms with Crippen LogP contribution in [0.15, 0.2) is 49.3 Å². The van der Waals surface area contributed by atoms with Crippen LogP contribution in [0.5, 0.6) is 0 Å². The number of aromatic nitrogens is 5. The maximum Gasteiger partial charge on any atom is 0.158 e. The molecule has 7 nitrogen and oxygen atoms in total. The van der Waals surface area contributed by atoms with Crippen LogP contribution in [0.3, 0.4) is 0 Å². The van der Waals surface area contributed by atoms with Crippen LogP contribution in [0, 0.1) is 5.82 Å². The first-order chi connectivity index (χ1) is 12.3. The number of piperazine rings is 1. The normalized spacial score (nSPS) is 15.5. The summed E-state index contributed by atoms with van der Waals surface area (Å²) in [6.45, 7) is 3.97. The summed E-state index contributed by atoms with van der Waals surface area (Å²) in [4.78, 5) is 16.9. The van der Waals surface area contributed by atoms with Crippen molar-refractivity contribution in [1.29, 1.82) is 0 Å². The molecule has 0 N–H and O–H groups in total. The Hall–Kier alpha value is -2.87. The van der Waals surface area contributed by atoms with Gasteiger partial charge in [-0.1, -0.05) is 0 Å². The lowest BCUT2D eigenvalue weighted by atomic mass is 10.2. The second-order valence-corrected chi connectivity index (χ2v) is 5.92. The summed E-state index contributed by atoms with van der Waals surface area (Å²) in [6, 6.07) is 5.53. The molecule has 1 aliphatic heterocycles. The first-order valence-electron chi connectivity index (χ1n) is 8.17. The summed E-state index contributed by atoms with van der Waals surface area (Å²) in [7, 11) is 0.